The third-order valence-corrected chi connectivity index (χ3v) is 4.51. The molecule has 0 amide bonds. The molecule has 0 aliphatic carbocycles. The number of aromatic nitrogens is 2. The Bertz CT molecular complexity index is 914. The fourth-order valence-corrected chi connectivity index (χ4v) is 2.72. The summed E-state index contributed by atoms with van der Waals surface area (Å²) in [5.41, 5.74) is 4.19. The first-order valence-corrected chi connectivity index (χ1v) is 8.67. The molecule has 3 rings (SSSR count). The minimum absolute atomic E-state index is 0.486. The number of hydrogen-bond acceptors (Lipinski definition) is 5. The molecule has 134 valence electrons. The smallest absolute Gasteiger partial charge is 0.229 e. The summed E-state index contributed by atoms with van der Waals surface area (Å²) < 4.78 is 5.38. The summed E-state index contributed by atoms with van der Waals surface area (Å²) in [7, 11) is 1.60. The van der Waals surface area contributed by atoms with Gasteiger partial charge in [-0.25, -0.2) is 4.98 Å². The molecule has 0 bridgehead atoms. The first kappa shape index (κ1) is 18.0. The number of ether oxygens (including phenoxy) is 1. The van der Waals surface area contributed by atoms with E-state index in [2.05, 4.69) is 39.7 Å². The average Bonchev–Trinajstić information content (AvgIpc) is 2.64. The largest absolute Gasteiger partial charge is 0.495 e. The van der Waals surface area contributed by atoms with Crippen molar-refractivity contribution >= 4 is 29.1 Å². The molecule has 0 saturated heterocycles. The van der Waals surface area contributed by atoms with Crippen molar-refractivity contribution in [2.75, 3.05) is 17.7 Å². The van der Waals surface area contributed by atoms with Crippen molar-refractivity contribution in [2.45, 2.75) is 20.4 Å². The molecule has 0 fully saturated rings. The van der Waals surface area contributed by atoms with Crippen molar-refractivity contribution in [3.63, 3.8) is 0 Å². The number of anilines is 3. The summed E-state index contributed by atoms with van der Waals surface area (Å²) in [5.74, 6) is 1.87. The molecule has 1 aromatic heterocycles. The van der Waals surface area contributed by atoms with Crippen LogP contribution in [0.25, 0.3) is 0 Å². The van der Waals surface area contributed by atoms with Gasteiger partial charge in [0.05, 0.1) is 12.8 Å². The number of halogens is 1. The number of hydrogen-bond donors (Lipinski definition) is 2. The maximum atomic E-state index is 6.16. The second-order valence-electron chi connectivity index (χ2n) is 5.97. The first-order valence-electron chi connectivity index (χ1n) is 8.29. The van der Waals surface area contributed by atoms with Gasteiger partial charge in [-0.15, -0.1) is 0 Å². The van der Waals surface area contributed by atoms with E-state index in [0.29, 0.717) is 23.3 Å². The zero-order valence-corrected chi connectivity index (χ0v) is 15.8. The van der Waals surface area contributed by atoms with Gasteiger partial charge in [0.2, 0.25) is 5.95 Å². The minimum Gasteiger partial charge on any atom is -0.495 e. The van der Waals surface area contributed by atoms with Gasteiger partial charge in [-0.1, -0.05) is 35.9 Å². The highest BCUT2D eigenvalue weighted by Gasteiger charge is 2.09. The molecule has 2 aromatic carbocycles. The highest BCUT2D eigenvalue weighted by molar-refractivity contribution is 6.31. The summed E-state index contributed by atoms with van der Waals surface area (Å²) in [5, 5.41) is 7.18. The van der Waals surface area contributed by atoms with E-state index in [1.165, 1.54) is 11.1 Å². The van der Waals surface area contributed by atoms with Gasteiger partial charge in [0.1, 0.15) is 11.6 Å². The highest BCUT2D eigenvalue weighted by atomic mass is 35.5. The third-order valence-electron chi connectivity index (χ3n) is 4.10. The molecular weight excluding hydrogens is 348 g/mol. The lowest BCUT2D eigenvalue weighted by atomic mass is 10.1. The zero-order valence-electron chi connectivity index (χ0n) is 15.0. The van der Waals surface area contributed by atoms with Crippen LogP contribution in [0.1, 0.15) is 16.7 Å². The number of aryl methyl sites for hydroxylation is 2. The van der Waals surface area contributed by atoms with Crippen LogP contribution >= 0.6 is 11.6 Å². The van der Waals surface area contributed by atoms with E-state index in [9.17, 15) is 0 Å². The molecular formula is C20H21ClN4O. The number of rotatable bonds is 6. The highest BCUT2D eigenvalue weighted by Crippen LogP contribution is 2.32. The molecule has 0 unspecified atom stereocenters. The topological polar surface area (TPSA) is 59.1 Å². The van der Waals surface area contributed by atoms with E-state index in [-0.39, 0.29) is 0 Å². The van der Waals surface area contributed by atoms with Crippen molar-refractivity contribution in [1.29, 1.82) is 0 Å². The standard InChI is InChI=1S/C20H21ClN4O/c1-13-6-4-5-7-15(13)12-23-19-8-9-22-20(25-19)24-17-10-14(2)16(21)11-18(17)26-3/h4-11H,12H2,1-3H3,(H2,22,23,24,25). The van der Waals surface area contributed by atoms with E-state index in [1.807, 2.05) is 31.2 Å². The van der Waals surface area contributed by atoms with E-state index in [0.717, 1.165) is 17.1 Å². The quantitative estimate of drug-likeness (QED) is 0.633. The van der Waals surface area contributed by atoms with Crippen LogP contribution in [-0.4, -0.2) is 17.1 Å². The Morgan fingerprint density at radius 1 is 1.08 bits per heavy atom. The monoisotopic (exact) mass is 368 g/mol. The van der Waals surface area contributed by atoms with Crippen molar-refractivity contribution < 1.29 is 4.74 Å². The molecule has 3 aromatic rings. The number of benzene rings is 2. The molecule has 5 nitrogen and oxygen atoms in total. The Labute approximate surface area is 158 Å². The van der Waals surface area contributed by atoms with E-state index in [4.69, 9.17) is 16.3 Å². The second kappa shape index (κ2) is 8.06. The van der Waals surface area contributed by atoms with E-state index in [1.54, 1.807) is 19.4 Å². The average molecular weight is 369 g/mol. The summed E-state index contributed by atoms with van der Waals surface area (Å²) >= 11 is 6.16. The number of methoxy groups -OCH3 is 1. The van der Waals surface area contributed by atoms with Crippen LogP contribution in [0.3, 0.4) is 0 Å². The maximum Gasteiger partial charge on any atom is 0.229 e. The predicted octanol–water partition coefficient (Wildman–Crippen LogP) is 5.11. The second-order valence-corrected chi connectivity index (χ2v) is 6.38. The van der Waals surface area contributed by atoms with Crippen molar-refractivity contribution in [1.82, 2.24) is 9.97 Å². The minimum atomic E-state index is 0.486. The van der Waals surface area contributed by atoms with Crippen LogP contribution < -0.4 is 15.4 Å². The molecule has 0 spiro atoms. The zero-order chi connectivity index (χ0) is 18.5. The van der Waals surface area contributed by atoms with Crippen LogP contribution in [0.4, 0.5) is 17.5 Å². The SMILES string of the molecule is COc1cc(Cl)c(C)cc1Nc1nccc(NCc2ccccc2C)n1. The Kier molecular flexibility index (Phi) is 5.58. The summed E-state index contributed by atoms with van der Waals surface area (Å²) in [6, 6.07) is 13.8. The fourth-order valence-electron chi connectivity index (χ4n) is 2.56. The van der Waals surface area contributed by atoms with Gasteiger partial charge in [-0.2, -0.15) is 4.98 Å². The summed E-state index contributed by atoms with van der Waals surface area (Å²) in [6.45, 7) is 4.74. The Morgan fingerprint density at radius 3 is 2.65 bits per heavy atom. The summed E-state index contributed by atoms with van der Waals surface area (Å²) in [6.07, 6.45) is 1.71. The first-order chi connectivity index (χ1) is 12.6. The molecule has 0 atom stereocenters. The predicted molar refractivity (Wildman–Crippen MR) is 107 cm³/mol. The van der Waals surface area contributed by atoms with Gasteiger partial charge in [-0.05, 0) is 42.7 Å². The molecule has 2 N–H and O–H groups in total. The van der Waals surface area contributed by atoms with Crippen molar-refractivity contribution in [3.8, 4) is 5.75 Å². The normalized spacial score (nSPS) is 10.5. The van der Waals surface area contributed by atoms with Crippen LogP contribution in [-0.2, 0) is 6.54 Å². The summed E-state index contributed by atoms with van der Waals surface area (Å²) in [4.78, 5) is 8.80. The van der Waals surface area contributed by atoms with E-state index >= 15 is 0 Å². The lowest BCUT2D eigenvalue weighted by molar-refractivity contribution is 0.416. The molecule has 0 aliphatic rings. The van der Waals surface area contributed by atoms with Gasteiger partial charge in [-0.3, -0.25) is 0 Å². The number of nitrogens with one attached hydrogen (secondary N) is 2. The van der Waals surface area contributed by atoms with Crippen molar-refractivity contribution in [3.05, 3.63) is 70.4 Å². The molecule has 26 heavy (non-hydrogen) atoms. The van der Waals surface area contributed by atoms with Crippen LogP contribution in [0, 0.1) is 13.8 Å². The maximum absolute atomic E-state index is 6.16. The van der Waals surface area contributed by atoms with Gasteiger partial charge in [0.15, 0.2) is 0 Å². The Hall–Kier alpha value is -2.79. The van der Waals surface area contributed by atoms with Crippen LogP contribution in [0.15, 0.2) is 48.7 Å². The van der Waals surface area contributed by atoms with Crippen LogP contribution in [0.2, 0.25) is 5.02 Å². The number of nitrogens with zero attached hydrogens (tertiary/aromatic N) is 2. The third kappa shape index (κ3) is 4.24. The van der Waals surface area contributed by atoms with Crippen LogP contribution in [0.5, 0.6) is 5.75 Å². The van der Waals surface area contributed by atoms with Crippen molar-refractivity contribution in [2.24, 2.45) is 0 Å². The lowest BCUT2D eigenvalue weighted by Crippen LogP contribution is -2.05. The Balaban J connectivity index is 1.76. The van der Waals surface area contributed by atoms with Gasteiger partial charge in [0, 0.05) is 23.8 Å². The Morgan fingerprint density at radius 2 is 1.88 bits per heavy atom. The van der Waals surface area contributed by atoms with Gasteiger partial charge in [0.25, 0.3) is 0 Å². The molecule has 1 heterocycles. The van der Waals surface area contributed by atoms with Gasteiger partial charge < -0.3 is 15.4 Å². The fraction of sp³-hybridized carbons (Fsp3) is 0.200. The molecule has 6 heteroatoms. The molecule has 0 aliphatic heterocycles. The lowest BCUT2D eigenvalue weighted by Gasteiger charge is -2.13. The molecule has 0 radical (unpaired) electrons. The molecule has 0 saturated carbocycles. The van der Waals surface area contributed by atoms with E-state index < -0.39 is 0 Å². The van der Waals surface area contributed by atoms with Gasteiger partial charge >= 0.3 is 0 Å².